The lowest BCUT2D eigenvalue weighted by atomic mass is 10.1. The molecule has 1 fully saturated rings. The maximum Gasteiger partial charge on any atom is 0.411 e. The van der Waals surface area contributed by atoms with Crippen LogP contribution in [0, 0.1) is 11.3 Å². The van der Waals surface area contributed by atoms with Gasteiger partial charge in [0.15, 0.2) is 0 Å². The van der Waals surface area contributed by atoms with E-state index in [2.05, 4.69) is 27.4 Å². The topological polar surface area (TPSA) is 102 Å². The Morgan fingerprint density at radius 3 is 2.72 bits per heavy atom. The van der Waals surface area contributed by atoms with Crippen LogP contribution in [0.1, 0.15) is 29.9 Å². The average molecular weight is 355 g/mol. The molecule has 3 aromatic rings. The quantitative estimate of drug-likeness (QED) is 0.618. The van der Waals surface area contributed by atoms with Crippen molar-refractivity contribution in [1.29, 1.82) is 5.26 Å². The number of hydrogen-bond donors (Lipinski definition) is 3. The number of imidazole rings is 1. The van der Waals surface area contributed by atoms with Crippen LogP contribution in [0.2, 0.25) is 5.02 Å². The van der Waals surface area contributed by atoms with Crippen LogP contribution in [0.4, 0.5) is 10.7 Å². The number of carboxylic acid groups (broad SMARTS) is 1. The van der Waals surface area contributed by atoms with Gasteiger partial charge in [0.05, 0.1) is 22.7 Å². The number of aromatic amines is 1. The summed E-state index contributed by atoms with van der Waals surface area (Å²) in [6.07, 6.45) is 1.46. The van der Waals surface area contributed by atoms with E-state index in [4.69, 9.17) is 22.0 Å². The van der Waals surface area contributed by atoms with Gasteiger partial charge in [-0.3, -0.25) is 5.32 Å². The van der Waals surface area contributed by atoms with Crippen LogP contribution >= 0.6 is 11.6 Å². The van der Waals surface area contributed by atoms with E-state index >= 15 is 0 Å². The summed E-state index contributed by atoms with van der Waals surface area (Å²) in [5, 5.41) is 20.2. The molecule has 0 atom stereocenters. The molecule has 2 aromatic carbocycles. The first kappa shape index (κ1) is 16.8. The molecule has 7 heteroatoms. The number of halogens is 1. The number of H-pyrrole nitrogens is 1. The first-order valence-corrected chi connectivity index (χ1v) is 8.09. The number of hydrogen-bond acceptors (Lipinski definition) is 3. The van der Waals surface area contributed by atoms with Crippen LogP contribution in [-0.2, 0) is 0 Å². The Balaban J connectivity index is 0.000000157. The second-order valence-corrected chi connectivity index (χ2v) is 6.06. The maximum atomic E-state index is 10.3. The van der Waals surface area contributed by atoms with Crippen LogP contribution in [0.5, 0.6) is 0 Å². The first-order valence-electron chi connectivity index (χ1n) is 7.71. The van der Waals surface area contributed by atoms with Crippen LogP contribution in [-0.4, -0.2) is 21.2 Å². The normalized spacial score (nSPS) is 12.8. The third-order valence-corrected chi connectivity index (χ3v) is 4.10. The fourth-order valence-corrected chi connectivity index (χ4v) is 2.73. The van der Waals surface area contributed by atoms with E-state index in [0.29, 0.717) is 16.6 Å². The zero-order chi connectivity index (χ0) is 17.8. The van der Waals surface area contributed by atoms with E-state index in [-0.39, 0.29) is 5.95 Å². The number of nitrogens with one attached hydrogen (secondary N) is 2. The lowest BCUT2D eigenvalue weighted by Crippen LogP contribution is -2.08. The fourth-order valence-electron chi connectivity index (χ4n) is 2.44. The Morgan fingerprint density at radius 2 is 2.08 bits per heavy atom. The molecule has 25 heavy (non-hydrogen) atoms. The number of aromatic nitrogens is 2. The van der Waals surface area contributed by atoms with Crippen molar-refractivity contribution in [3.63, 3.8) is 0 Å². The van der Waals surface area contributed by atoms with Crippen LogP contribution < -0.4 is 5.32 Å². The number of nitriles is 1. The van der Waals surface area contributed by atoms with Crippen molar-refractivity contribution >= 4 is 34.7 Å². The molecule has 1 heterocycles. The lowest BCUT2D eigenvalue weighted by molar-refractivity contribution is 0.209. The molecule has 1 aromatic heterocycles. The van der Waals surface area contributed by atoms with Gasteiger partial charge in [-0.1, -0.05) is 29.8 Å². The van der Waals surface area contributed by atoms with Gasteiger partial charge in [0.1, 0.15) is 0 Å². The summed E-state index contributed by atoms with van der Waals surface area (Å²) >= 11 is 5.96. The highest BCUT2D eigenvalue weighted by Crippen LogP contribution is 2.42. The third kappa shape index (κ3) is 4.28. The molecule has 6 nitrogen and oxygen atoms in total. The molecule has 3 N–H and O–H groups in total. The SMILES string of the molecule is Clc1ccccc1C1CC1.N#Cc1ccc2nc(NC(=O)O)[nH]c2c1. The van der Waals surface area contributed by atoms with Gasteiger partial charge < -0.3 is 10.1 Å². The van der Waals surface area contributed by atoms with Gasteiger partial charge in [-0.05, 0) is 48.6 Å². The van der Waals surface area contributed by atoms with Crippen LogP contribution in [0.3, 0.4) is 0 Å². The maximum absolute atomic E-state index is 10.3. The molecule has 0 radical (unpaired) electrons. The van der Waals surface area contributed by atoms with Gasteiger partial charge in [-0.25, -0.2) is 9.78 Å². The van der Waals surface area contributed by atoms with Gasteiger partial charge in [0.2, 0.25) is 5.95 Å². The predicted octanol–water partition coefficient (Wildman–Crippen LogP) is 4.74. The number of benzene rings is 2. The minimum atomic E-state index is -1.19. The van der Waals surface area contributed by atoms with E-state index in [0.717, 1.165) is 10.9 Å². The Morgan fingerprint density at radius 1 is 1.32 bits per heavy atom. The summed E-state index contributed by atoms with van der Waals surface area (Å²) in [6, 6.07) is 15.0. The highest BCUT2D eigenvalue weighted by atomic mass is 35.5. The third-order valence-electron chi connectivity index (χ3n) is 3.76. The van der Waals surface area contributed by atoms with E-state index in [1.807, 2.05) is 18.2 Å². The minimum Gasteiger partial charge on any atom is -0.465 e. The van der Waals surface area contributed by atoms with E-state index in [9.17, 15) is 4.79 Å². The number of fused-ring (bicyclic) bond motifs is 1. The standard InChI is InChI=1S/C9H9Cl.C9H6N4O2/c10-9-4-2-1-3-8(9)7-5-6-7;10-4-5-1-2-6-7(3-5)12-8(11-6)13-9(14)15/h1-4,7H,5-6H2;1-3H,(H,14,15)(H2,11,12,13). The lowest BCUT2D eigenvalue weighted by Gasteiger charge is -1.98. The fraction of sp³-hybridized carbons (Fsp3) is 0.167. The monoisotopic (exact) mass is 354 g/mol. The number of carbonyl (C=O) groups is 1. The Labute approximate surface area is 149 Å². The van der Waals surface area contributed by atoms with Crippen molar-refractivity contribution < 1.29 is 9.90 Å². The van der Waals surface area contributed by atoms with E-state index in [1.165, 1.54) is 18.4 Å². The van der Waals surface area contributed by atoms with E-state index in [1.54, 1.807) is 18.2 Å². The molecule has 1 aliphatic carbocycles. The van der Waals surface area contributed by atoms with Gasteiger partial charge in [-0.15, -0.1) is 0 Å². The van der Waals surface area contributed by atoms with Gasteiger partial charge in [0, 0.05) is 5.02 Å². The number of rotatable bonds is 2. The van der Waals surface area contributed by atoms with E-state index < -0.39 is 6.09 Å². The summed E-state index contributed by atoms with van der Waals surface area (Å²) in [6.45, 7) is 0. The predicted molar refractivity (Wildman–Crippen MR) is 95.9 cm³/mol. The van der Waals surface area contributed by atoms with Crippen molar-refractivity contribution in [3.8, 4) is 6.07 Å². The zero-order valence-electron chi connectivity index (χ0n) is 13.2. The Hall–Kier alpha value is -3.04. The molecular weight excluding hydrogens is 340 g/mol. The summed E-state index contributed by atoms with van der Waals surface area (Å²) in [7, 11) is 0. The van der Waals surface area contributed by atoms with Gasteiger partial charge in [-0.2, -0.15) is 5.26 Å². The summed E-state index contributed by atoms with van der Waals surface area (Å²) in [5.74, 6) is 0.918. The average Bonchev–Trinajstić information content (AvgIpc) is 3.35. The zero-order valence-corrected chi connectivity index (χ0v) is 13.9. The molecule has 0 saturated heterocycles. The van der Waals surface area contributed by atoms with Crippen molar-refractivity contribution in [2.75, 3.05) is 5.32 Å². The molecule has 0 spiro atoms. The first-order chi connectivity index (χ1) is 12.1. The molecule has 4 rings (SSSR count). The highest BCUT2D eigenvalue weighted by Gasteiger charge is 2.24. The van der Waals surface area contributed by atoms with Gasteiger partial charge in [0.25, 0.3) is 0 Å². The molecule has 1 saturated carbocycles. The highest BCUT2D eigenvalue weighted by molar-refractivity contribution is 6.31. The summed E-state index contributed by atoms with van der Waals surface area (Å²) in [5.41, 5.74) is 3.06. The molecule has 0 unspecified atom stereocenters. The second-order valence-electron chi connectivity index (χ2n) is 5.66. The second kappa shape index (κ2) is 7.24. The van der Waals surface area contributed by atoms with Gasteiger partial charge >= 0.3 is 6.09 Å². The number of anilines is 1. The number of amides is 1. The minimum absolute atomic E-state index is 0.146. The van der Waals surface area contributed by atoms with Crippen LogP contribution in [0.15, 0.2) is 42.5 Å². The molecule has 1 amide bonds. The summed E-state index contributed by atoms with van der Waals surface area (Å²) in [4.78, 5) is 17.1. The molecule has 0 bridgehead atoms. The molecule has 0 aliphatic heterocycles. The number of nitrogens with zero attached hydrogens (tertiary/aromatic N) is 2. The summed E-state index contributed by atoms with van der Waals surface area (Å²) < 4.78 is 0. The smallest absolute Gasteiger partial charge is 0.411 e. The van der Waals surface area contributed by atoms with Crippen molar-refractivity contribution in [1.82, 2.24) is 9.97 Å². The largest absolute Gasteiger partial charge is 0.465 e. The molecular formula is C18H15ClN4O2. The Bertz CT molecular complexity index is 957. The van der Waals surface area contributed by atoms with Crippen molar-refractivity contribution in [3.05, 3.63) is 58.6 Å². The molecule has 126 valence electrons. The Kier molecular flexibility index (Phi) is 4.87. The van der Waals surface area contributed by atoms with Crippen molar-refractivity contribution in [2.24, 2.45) is 0 Å². The molecule has 1 aliphatic rings. The van der Waals surface area contributed by atoms with Crippen LogP contribution in [0.25, 0.3) is 11.0 Å². The van der Waals surface area contributed by atoms with Crippen molar-refractivity contribution in [2.45, 2.75) is 18.8 Å².